The van der Waals surface area contributed by atoms with Crippen molar-refractivity contribution in [1.29, 1.82) is 0 Å². The van der Waals surface area contributed by atoms with Crippen molar-refractivity contribution in [2.45, 2.75) is 38.3 Å². The largest absolute Gasteiger partial charge is 0.308 e. The summed E-state index contributed by atoms with van der Waals surface area (Å²) < 4.78 is 8.10. The third-order valence-corrected chi connectivity index (χ3v) is 2.85. The molecule has 1 fully saturated rings. The van der Waals surface area contributed by atoms with Gasteiger partial charge < -0.3 is 5.32 Å². The van der Waals surface area contributed by atoms with E-state index in [2.05, 4.69) is 14.1 Å². The first kappa shape index (κ1) is 8.13. The lowest BCUT2D eigenvalue weighted by molar-refractivity contribution is 0.521. The Morgan fingerprint density at radius 3 is 3.00 bits per heavy atom. The van der Waals surface area contributed by atoms with Gasteiger partial charge in [-0.3, -0.25) is 0 Å². The highest BCUT2D eigenvalue weighted by atomic mass is 32.1. The second-order valence-electron chi connectivity index (χ2n) is 3.26. The minimum atomic E-state index is 0.728. The molecule has 0 unspecified atom stereocenters. The molecule has 0 aliphatic heterocycles. The topological polar surface area (TPSA) is 37.8 Å². The lowest BCUT2D eigenvalue weighted by atomic mass is 10.2. The van der Waals surface area contributed by atoms with Crippen molar-refractivity contribution >= 4 is 11.7 Å². The van der Waals surface area contributed by atoms with Crippen LogP contribution in [0, 0.1) is 0 Å². The summed E-state index contributed by atoms with van der Waals surface area (Å²) in [5.41, 5.74) is 1.08. The first-order valence-corrected chi connectivity index (χ1v) is 5.18. The fraction of sp³-hybridized carbons (Fsp3) is 0.750. The third-order valence-electron chi connectivity index (χ3n) is 2.33. The van der Waals surface area contributed by atoms with E-state index in [1.54, 1.807) is 0 Å². The molecule has 0 spiro atoms. The Bertz CT molecular complexity index is 216. The highest BCUT2D eigenvalue weighted by Gasteiger charge is 2.13. The van der Waals surface area contributed by atoms with Gasteiger partial charge in [-0.15, -0.1) is 0 Å². The maximum Gasteiger partial charge on any atom is 0.0880 e. The van der Waals surface area contributed by atoms with Crippen LogP contribution in [0.25, 0.3) is 0 Å². The average molecular weight is 183 g/mol. The smallest absolute Gasteiger partial charge is 0.0880 e. The molecule has 0 saturated heterocycles. The van der Waals surface area contributed by atoms with E-state index in [0.717, 1.165) is 18.3 Å². The molecule has 0 bridgehead atoms. The van der Waals surface area contributed by atoms with Gasteiger partial charge in [0.15, 0.2) is 0 Å². The second kappa shape index (κ2) is 3.96. The monoisotopic (exact) mass is 183 g/mol. The standard InChI is InChI=1S/C8H13N3S/c1-2-4-7(3-1)9-5-8-6-10-12-11-8/h6-7,9H,1-5H2. The zero-order valence-electron chi connectivity index (χ0n) is 6.99. The van der Waals surface area contributed by atoms with Crippen LogP contribution in [0.1, 0.15) is 31.4 Å². The van der Waals surface area contributed by atoms with Crippen molar-refractivity contribution in [2.24, 2.45) is 0 Å². The van der Waals surface area contributed by atoms with Gasteiger partial charge in [0.25, 0.3) is 0 Å². The van der Waals surface area contributed by atoms with E-state index in [1.165, 1.54) is 37.4 Å². The zero-order valence-corrected chi connectivity index (χ0v) is 7.81. The van der Waals surface area contributed by atoms with Crippen LogP contribution in [-0.2, 0) is 6.54 Å². The second-order valence-corrected chi connectivity index (χ2v) is 3.82. The Morgan fingerprint density at radius 1 is 1.50 bits per heavy atom. The molecule has 0 amide bonds. The van der Waals surface area contributed by atoms with Crippen LogP contribution in [0.5, 0.6) is 0 Å². The van der Waals surface area contributed by atoms with Crippen LogP contribution in [0.3, 0.4) is 0 Å². The lowest BCUT2D eigenvalue weighted by Crippen LogP contribution is -2.25. The summed E-state index contributed by atoms with van der Waals surface area (Å²) in [6, 6.07) is 0.728. The molecule has 1 aromatic rings. The molecule has 1 aliphatic rings. The molecule has 1 aliphatic carbocycles. The molecule has 3 nitrogen and oxygen atoms in total. The molecule has 1 N–H and O–H groups in total. The first-order chi connectivity index (χ1) is 5.95. The summed E-state index contributed by atoms with van der Waals surface area (Å²) in [4.78, 5) is 0. The van der Waals surface area contributed by atoms with Gasteiger partial charge in [-0.05, 0) is 12.8 Å². The Kier molecular flexibility index (Phi) is 2.68. The number of rotatable bonds is 3. The molecule has 2 rings (SSSR count). The van der Waals surface area contributed by atoms with E-state index in [-0.39, 0.29) is 0 Å². The highest BCUT2D eigenvalue weighted by Crippen LogP contribution is 2.17. The van der Waals surface area contributed by atoms with Crippen LogP contribution >= 0.6 is 11.7 Å². The summed E-state index contributed by atoms with van der Waals surface area (Å²) in [7, 11) is 0. The molecule has 0 radical (unpaired) electrons. The molecule has 4 heteroatoms. The van der Waals surface area contributed by atoms with Crippen LogP contribution in [0.4, 0.5) is 0 Å². The van der Waals surface area contributed by atoms with E-state index in [9.17, 15) is 0 Å². The van der Waals surface area contributed by atoms with Gasteiger partial charge in [0.1, 0.15) is 0 Å². The summed E-state index contributed by atoms with van der Waals surface area (Å²) in [5.74, 6) is 0. The fourth-order valence-electron chi connectivity index (χ4n) is 1.64. The number of hydrogen-bond acceptors (Lipinski definition) is 4. The summed E-state index contributed by atoms with van der Waals surface area (Å²) in [6.07, 6.45) is 7.27. The maximum absolute atomic E-state index is 4.15. The molecule has 1 heterocycles. The van der Waals surface area contributed by atoms with Crippen molar-refractivity contribution in [3.05, 3.63) is 11.9 Å². The Labute approximate surface area is 76.5 Å². The van der Waals surface area contributed by atoms with Crippen molar-refractivity contribution in [1.82, 2.24) is 14.1 Å². The lowest BCUT2D eigenvalue weighted by Gasteiger charge is -2.08. The van der Waals surface area contributed by atoms with E-state index in [0.29, 0.717) is 0 Å². The number of nitrogens with one attached hydrogen (secondary N) is 1. The molecule has 0 atom stereocenters. The SMILES string of the molecule is c1nsnc1CNC1CCCC1. The van der Waals surface area contributed by atoms with Crippen LogP contribution in [0.2, 0.25) is 0 Å². The van der Waals surface area contributed by atoms with E-state index < -0.39 is 0 Å². The van der Waals surface area contributed by atoms with Gasteiger partial charge in [0, 0.05) is 12.6 Å². The average Bonchev–Trinajstić information content (AvgIpc) is 2.74. The third kappa shape index (κ3) is 2.01. The van der Waals surface area contributed by atoms with Crippen LogP contribution < -0.4 is 5.32 Å². The summed E-state index contributed by atoms with van der Waals surface area (Å²) >= 11 is 1.28. The zero-order chi connectivity index (χ0) is 8.23. The highest BCUT2D eigenvalue weighted by molar-refractivity contribution is 6.99. The Morgan fingerprint density at radius 2 is 2.33 bits per heavy atom. The Hall–Kier alpha value is -0.480. The predicted molar refractivity (Wildman–Crippen MR) is 49.0 cm³/mol. The molecule has 0 aromatic carbocycles. The van der Waals surface area contributed by atoms with Crippen molar-refractivity contribution in [3.63, 3.8) is 0 Å². The molecule has 12 heavy (non-hydrogen) atoms. The fourth-order valence-corrected chi connectivity index (χ4v) is 2.07. The minimum absolute atomic E-state index is 0.728. The van der Waals surface area contributed by atoms with Gasteiger partial charge in [0.05, 0.1) is 23.6 Å². The van der Waals surface area contributed by atoms with Crippen molar-refractivity contribution < 1.29 is 0 Å². The number of nitrogens with zero attached hydrogens (tertiary/aromatic N) is 2. The first-order valence-electron chi connectivity index (χ1n) is 4.45. The molecule has 66 valence electrons. The number of hydrogen-bond donors (Lipinski definition) is 1. The predicted octanol–water partition coefficient (Wildman–Crippen LogP) is 1.57. The van der Waals surface area contributed by atoms with Gasteiger partial charge in [-0.25, -0.2) is 0 Å². The van der Waals surface area contributed by atoms with Gasteiger partial charge >= 0.3 is 0 Å². The van der Waals surface area contributed by atoms with Crippen LogP contribution in [0.15, 0.2) is 6.20 Å². The summed E-state index contributed by atoms with van der Waals surface area (Å²) in [6.45, 7) is 0.890. The Balaban J connectivity index is 1.74. The quantitative estimate of drug-likeness (QED) is 0.773. The van der Waals surface area contributed by atoms with Gasteiger partial charge in [0.2, 0.25) is 0 Å². The maximum atomic E-state index is 4.15. The molecular formula is C8H13N3S. The van der Waals surface area contributed by atoms with Gasteiger partial charge in [-0.2, -0.15) is 8.75 Å². The minimum Gasteiger partial charge on any atom is -0.308 e. The molecular weight excluding hydrogens is 170 g/mol. The van der Waals surface area contributed by atoms with Crippen molar-refractivity contribution in [3.8, 4) is 0 Å². The normalized spacial score (nSPS) is 18.7. The van der Waals surface area contributed by atoms with E-state index >= 15 is 0 Å². The molecule has 1 saturated carbocycles. The van der Waals surface area contributed by atoms with E-state index in [4.69, 9.17) is 0 Å². The molecule has 1 aromatic heterocycles. The van der Waals surface area contributed by atoms with Crippen molar-refractivity contribution in [2.75, 3.05) is 0 Å². The van der Waals surface area contributed by atoms with E-state index in [1.807, 2.05) is 6.20 Å². The number of aromatic nitrogens is 2. The summed E-state index contributed by atoms with van der Waals surface area (Å²) in [5, 5.41) is 3.49. The van der Waals surface area contributed by atoms with Crippen LogP contribution in [-0.4, -0.2) is 14.8 Å². The van der Waals surface area contributed by atoms with Gasteiger partial charge in [-0.1, -0.05) is 12.8 Å².